The second-order valence-corrected chi connectivity index (χ2v) is 7.38. The van der Waals surface area contributed by atoms with E-state index in [0.717, 1.165) is 5.56 Å². The quantitative estimate of drug-likeness (QED) is 0.289. The van der Waals surface area contributed by atoms with Gasteiger partial charge in [-0.05, 0) is 49.4 Å². The number of halogens is 1. The number of aryl methyl sites for hydroxylation is 1. The first-order valence-electron chi connectivity index (χ1n) is 9.77. The Hall–Kier alpha value is -4.35. The molecule has 166 valence electrons. The van der Waals surface area contributed by atoms with Crippen LogP contribution in [0.3, 0.4) is 0 Å². The predicted octanol–water partition coefficient (Wildman–Crippen LogP) is 4.04. The fraction of sp³-hybridized carbons (Fsp3) is 0.0833. The van der Waals surface area contributed by atoms with Crippen LogP contribution < -0.4 is 16.0 Å². The Morgan fingerprint density at radius 3 is 2.39 bits per heavy atom. The van der Waals surface area contributed by atoms with Crippen LogP contribution in [-0.2, 0) is 20.9 Å². The largest absolute Gasteiger partial charge is 0.460 e. The van der Waals surface area contributed by atoms with Crippen molar-refractivity contribution in [1.82, 2.24) is 5.32 Å². The molecule has 3 N–H and O–H groups in total. The summed E-state index contributed by atoms with van der Waals surface area (Å²) < 4.78 is 5.52. The predicted molar refractivity (Wildman–Crippen MR) is 124 cm³/mol. The highest BCUT2D eigenvalue weighted by molar-refractivity contribution is 6.39. The number of furan rings is 1. The molecule has 3 rings (SSSR count). The number of anilines is 2. The minimum absolute atomic E-state index is 0.0624. The first-order chi connectivity index (χ1) is 15.8. The Balaban J connectivity index is 1.56. The number of amides is 3. The van der Waals surface area contributed by atoms with E-state index in [1.807, 2.05) is 25.1 Å². The van der Waals surface area contributed by atoms with Gasteiger partial charge in [0.15, 0.2) is 0 Å². The average molecular weight is 463 g/mol. The van der Waals surface area contributed by atoms with Gasteiger partial charge in [0.1, 0.15) is 23.2 Å². The Kier molecular flexibility index (Phi) is 7.63. The third-order valence-electron chi connectivity index (χ3n) is 4.36. The van der Waals surface area contributed by atoms with E-state index < -0.39 is 17.7 Å². The summed E-state index contributed by atoms with van der Waals surface area (Å²) in [6.45, 7) is 1.86. The van der Waals surface area contributed by atoms with Crippen LogP contribution in [0, 0.1) is 18.3 Å². The highest BCUT2D eigenvalue weighted by atomic mass is 35.5. The van der Waals surface area contributed by atoms with Gasteiger partial charge in [0.2, 0.25) is 0 Å². The lowest BCUT2D eigenvalue weighted by Crippen LogP contribution is -2.34. The van der Waals surface area contributed by atoms with E-state index in [0.29, 0.717) is 22.2 Å². The van der Waals surface area contributed by atoms with Gasteiger partial charge in [-0.3, -0.25) is 14.4 Å². The molecular formula is C24H19ClN4O4. The molecule has 0 aliphatic heterocycles. The molecule has 0 radical (unpaired) electrons. The molecule has 0 aliphatic carbocycles. The summed E-state index contributed by atoms with van der Waals surface area (Å²) in [7, 11) is 0. The fourth-order valence-electron chi connectivity index (χ4n) is 2.70. The number of benzene rings is 2. The van der Waals surface area contributed by atoms with E-state index in [2.05, 4.69) is 16.0 Å². The Labute approximate surface area is 194 Å². The number of rotatable bonds is 6. The highest BCUT2D eigenvalue weighted by Crippen LogP contribution is 2.16. The molecule has 0 fully saturated rings. The number of carbonyl (C=O) groups is 3. The summed E-state index contributed by atoms with van der Waals surface area (Å²) in [6.07, 6.45) is 1.29. The van der Waals surface area contributed by atoms with Crippen LogP contribution in [0.1, 0.15) is 17.1 Å². The van der Waals surface area contributed by atoms with Gasteiger partial charge in [0.05, 0.1) is 6.54 Å². The van der Waals surface area contributed by atoms with Gasteiger partial charge in [-0.25, -0.2) is 0 Å². The molecule has 2 aromatic carbocycles. The molecule has 0 saturated carbocycles. The molecule has 0 atom stereocenters. The van der Waals surface area contributed by atoms with Gasteiger partial charge >= 0.3 is 11.8 Å². The zero-order valence-electron chi connectivity index (χ0n) is 17.5. The lowest BCUT2D eigenvalue weighted by Gasteiger charge is -2.06. The van der Waals surface area contributed by atoms with Crippen molar-refractivity contribution < 1.29 is 18.8 Å². The molecule has 1 heterocycles. The zero-order valence-corrected chi connectivity index (χ0v) is 18.3. The van der Waals surface area contributed by atoms with Crippen molar-refractivity contribution in [2.45, 2.75) is 13.5 Å². The SMILES string of the molecule is Cc1ccc(NC(=O)/C(C#N)=C\c2ccc(CNC(=O)C(=O)Nc3cccc(Cl)c3)o2)cc1. The smallest absolute Gasteiger partial charge is 0.313 e. The van der Waals surface area contributed by atoms with E-state index in [1.54, 1.807) is 42.5 Å². The standard InChI is InChI=1S/C24H19ClN4O4/c1-15-5-7-18(8-6-15)28-22(30)16(13-26)11-20-9-10-21(33-20)14-27-23(31)24(32)29-19-4-2-3-17(25)12-19/h2-12H,14H2,1H3,(H,27,31)(H,28,30)(H,29,32)/b16-11-. The lowest BCUT2D eigenvalue weighted by atomic mass is 10.2. The minimum atomic E-state index is -0.862. The Bertz CT molecular complexity index is 1260. The maximum absolute atomic E-state index is 12.3. The number of hydrogen-bond acceptors (Lipinski definition) is 5. The van der Waals surface area contributed by atoms with Crippen LogP contribution in [0.25, 0.3) is 6.08 Å². The summed E-state index contributed by atoms with van der Waals surface area (Å²) in [4.78, 5) is 36.4. The molecule has 0 aliphatic rings. The number of nitrogens with zero attached hydrogens (tertiary/aromatic N) is 1. The molecule has 9 heteroatoms. The zero-order chi connectivity index (χ0) is 23.8. The first-order valence-corrected chi connectivity index (χ1v) is 10.1. The van der Waals surface area contributed by atoms with Crippen LogP contribution in [-0.4, -0.2) is 17.7 Å². The summed E-state index contributed by atoms with van der Waals surface area (Å²) >= 11 is 5.85. The van der Waals surface area contributed by atoms with E-state index in [-0.39, 0.29) is 17.9 Å². The van der Waals surface area contributed by atoms with Crippen molar-refractivity contribution in [1.29, 1.82) is 5.26 Å². The molecular weight excluding hydrogens is 444 g/mol. The normalized spacial score (nSPS) is 10.8. The Morgan fingerprint density at radius 2 is 1.70 bits per heavy atom. The van der Waals surface area contributed by atoms with Crippen LogP contribution in [0.2, 0.25) is 5.02 Å². The van der Waals surface area contributed by atoms with Gasteiger partial charge in [-0.15, -0.1) is 0 Å². The minimum Gasteiger partial charge on any atom is -0.460 e. The summed E-state index contributed by atoms with van der Waals surface area (Å²) in [5, 5.41) is 17.3. The van der Waals surface area contributed by atoms with Crippen molar-refractivity contribution in [3.8, 4) is 6.07 Å². The second-order valence-electron chi connectivity index (χ2n) is 6.94. The second kappa shape index (κ2) is 10.8. The fourth-order valence-corrected chi connectivity index (χ4v) is 2.89. The van der Waals surface area contributed by atoms with Crippen LogP contribution >= 0.6 is 11.6 Å². The summed E-state index contributed by atoms with van der Waals surface area (Å²) in [5.41, 5.74) is 1.84. The van der Waals surface area contributed by atoms with Crippen molar-refractivity contribution in [2.24, 2.45) is 0 Å². The van der Waals surface area contributed by atoms with Gasteiger partial charge in [0, 0.05) is 22.5 Å². The van der Waals surface area contributed by atoms with Gasteiger partial charge in [0.25, 0.3) is 5.91 Å². The topological polar surface area (TPSA) is 124 Å². The molecule has 3 aromatic rings. The third-order valence-corrected chi connectivity index (χ3v) is 4.59. The average Bonchev–Trinajstić information content (AvgIpc) is 3.24. The molecule has 1 aromatic heterocycles. The monoisotopic (exact) mass is 462 g/mol. The highest BCUT2D eigenvalue weighted by Gasteiger charge is 2.15. The van der Waals surface area contributed by atoms with Crippen molar-refractivity contribution in [2.75, 3.05) is 10.6 Å². The van der Waals surface area contributed by atoms with Crippen LogP contribution in [0.15, 0.2) is 70.7 Å². The lowest BCUT2D eigenvalue weighted by molar-refractivity contribution is -0.136. The van der Waals surface area contributed by atoms with Gasteiger partial charge in [-0.1, -0.05) is 35.4 Å². The van der Waals surface area contributed by atoms with Gasteiger partial charge < -0.3 is 20.4 Å². The maximum Gasteiger partial charge on any atom is 0.313 e. The Morgan fingerprint density at radius 1 is 0.970 bits per heavy atom. The number of nitrogens with one attached hydrogen (secondary N) is 3. The number of carbonyl (C=O) groups excluding carboxylic acids is 3. The van der Waals surface area contributed by atoms with Crippen LogP contribution in [0.5, 0.6) is 0 Å². The van der Waals surface area contributed by atoms with Crippen molar-refractivity contribution >= 4 is 46.8 Å². The first kappa shape index (κ1) is 23.3. The summed E-state index contributed by atoms with van der Waals surface area (Å²) in [5.74, 6) is -1.72. The van der Waals surface area contributed by atoms with Crippen LogP contribution in [0.4, 0.5) is 11.4 Å². The molecule has 0 spiro atoms. The molecule has 3 amide bonds. The molecule has 33 heavy (non-hydrogen) atoms. The molecule has 0 saturated heterocycles. The summed E-state index contributed by atoms with van der Waals surface area (Å²) in [6, 6.07) is 18.5. The maximum atomic E-state index is 12.3. The van der Waals surface area contributed by atoms with E-state index >= 15 is 0 Å². The molecule has 0 unspecified atom stereocenters. The third kappa shape index (κ3) is 6.82. The molecule has 8 nitrogen and oxygen atoms in total. The van der Waals surface area contributed by atoms with Gasteiger partial charge in [-0.2, -0.15) is 5.26 Å². The number of nitriles is 1. The van der Waals surface area contributed by atoms with E-state index in [4.69, 9.17) is 16.0 Å². The van der Waals surface area contributed by atoms with E-state index in [1.165, 1.54) is 12.1 Å². The van der Waals surface area contributed by atoms with Crippen molar-refractivity contribution in [3.63, 3.8) is 0 Å². The van der Waals surface area contributed by atoms with Crippen molar-refractivity contribution in [3.05, 3.63) is 88.3 Å². The number of hydrogen-bond donors (Lipinski definition) is 3. The molecule has 0 bridgehead atoms. The van der Waals surface area contributed by atoms with E-state index in [9.17, 15) is 19.6 Å².